The molecule has 0 aromatic heterocycles. The van der Waals surface area contributed by atoms with Gasteiger partial charge in [-0.05, 0) is 24.6 Å². The summed E-state index contributed by atoms with van der Waals surface area (Å²) in [5.74, 6) is 0.327. The molecule has 23 heavy (non-hydrogen) atoms. The van der Waals surface area contributed by atoms with Crippen LogP contribution in [0.1, 0.15) is 12.5 Å². The summed E-state index contributed by atoms with van der Waals surface area (Å²) in [6.45, 7) is 1.96. The van der Waals surface area contributed by atoms with Crippen molar-refractivity contribution in [1.29, 1.82) is 0 Å². The summed E-state index contributed by atoms with van der Waals surface area (Å²) in [5.41, 5.74) is 0.947. The fraction of sp³-hybridized carbons (Fsp3) is 0.235. The summed E-state index contributed by atoms with van der Waals surface area (Å²) < 4.78 is 16.2. The third kappa shape index (κ3) is 5.99. The standard InChI is InChI=1S/C17H20NO4P/c1-14(17(19)21-13-15-9-5-3-6-10-15)18-23(20-2)22-16-11-7-4-8-12-16/h3-12,14,18H,13H2,1-2H3. The molecule has 0 fully saturated rings. The van der Waals surface area contributed by atoms with Crippen molar-refractivity contribution in [2.24, 2.45) is 0 Å². The van der Waals surface area contributed by atoms with Gasteiger partial charge in [-0.1, -0.05) is 48.5 Å². The Morgan fingerprint density at radius 2 is 1.70 bits per heavy atom. The monoisotopic (exact) mass is 333 g/mol. The van der Waals surface area contributed by atoms with E-state index >= 15 is 0 Å². The van der Waals surface area contributed by atoms with Crippen molar-refractivity contribution in [2.75, 3.05) is 7.11 Å². The quantitative estimate of drug-likeness (QED) is 0.590. The van der Waals surface area contributed by atoms with Crippen molar-refractivity contribution >= 4 is 14.5 Å². The molecule has 0 spiro atoms. The molecule has 2 aromatic rings. The summed E-state index contributed by atoms with van der Waals surface area (Å²) in [7, 11) is 0.109. The Hall–Kier alpha value is -1.94. The molecule has 0 saturated carbocycles. The highest BCUT2D eigenvalue weighted by molar-refractivity contribution is 7.45. The Labute approximate surface area is 137 Å². The highest BCUT2D eigenvalue weighted by Gasteiger charge is 2.21. The molecule has 0 aliphatic heterocycles. The molecule has 2 aromatic carbocycles. The molecule has 122 valence electrons. The molecular formula is C17H20NO4P. The molecule has 1 N–H and O–H groups in total. The maximum atomic E-state index is 12.0. The maximum absolute atomic E-state index is 12.0. The smallest absolute Gasteiger partial charge is 0.323 e. The molecule has 0 radical (unpaired) electrons. The van der Waals surface area contributed by atoms with Gasteiger partial charge in [-0.2, -0.15) is 0 Å². The van der Waals surface area contributed by atoms with Crippen molar-refractivity contribution < 1.29 is 18.6 Å². The predicted molar refractivity (Wildman–Crippen MR) is 89.8 cm³/mol. The van der Waals surface area contributed by atoms with Gasteiger partial charge in [-0.25, -0.2) is 5.09 Å². The van der Waals surface area contributed by atoms with Gasteiger partial charge in [0.1, 0.15) is 18.4 Å². The first-order valence-electron chi connectivity index (χ1n) is 7.23. The van der Waals surface area contributed by atoms with E-state index in [-0.39, 0.29) is 12.6 Å². The summed E-state index contributed by atoms with van der Waals surface area (Å²) in [5, 5.41) is 3.00. The number of carbonyl (C=O) groups is 1. The van der Waals surface area contributed by atoms with Gasteiger partial charge >= 0.3 is 14.5 Å². The average Bonchev–Trinajstić information content (AvgIpc) is 2.60. The van der Waals surface area contributed by atoms with E-state index in [0.717, 1.165) is 5.56 Å². The van der Waals surface area contributed by atoms with Crippen molar-refractivity contribution in [3.8, 4) is 5.75 Å². The van der Waals surface area contributed by atoms with Gasteiger partial charge < -0.3 is 13.8 Å². The Balaban J connectivity index is 1.81. The lowest BCUT2D eigenvalue weighted by Gasteiger charge is -2.20. The van der Waals surface area contributed by atoms with Crippen LogP contribution in [0.4, 0.5) is 0 Å². The van der Waals surface area contributed by atoms with E-state index in [9.17, 15) is 4.79 Å². The van der Waals surface area contributed by atoms with E-state index in [4.69, 9.17) is 13.8 Å². The van der Waals surface area contributed by atoms with Crippen LogP contribution in [-0.2, 0) is 20.7 Å². The van der Waals surface area contributed by atoms with Gasteiger partial charge in [0.15, 0.2) is 0 Å². The molecule has 2 rings (SSSR count). The van der Waals surface area contributed by atoms with Crippen LogP contribution in [0.2, 0.25) is 0 Å². The molecule has 0 amide bonds. The van der Waals surface area contributed by atoms with Crippen LogP contribution in [0.5, 0.6) is 5.75 Å². The predicted octanol–water partition coefficient (Wildman–Crippen LogP) is 3.66. The fourth-order valence-electron chi connectivity index (χ4n) is 1.76. The number of benzene rings is 2. The zero-order chi connectivity index (χ0) is 16.5. The first-order valence-corrected chi connectivity index (χ1v) is 8.41. The minimum absolute atomic E-state index is 0.246. The van der Waals surface area contributed by atoms with Crippen LogP contribution in [0.25, 0.3) is 0 Å². The third-order valence-electron chi connectivity index (χ3n) is 2.97. The number of carbonyl (C=O) groups excluding carboxylic acids is 1. The van der Waals surface area contributed by atoms with Gasteiger partial charge in [-0.3, -0.25) is 4.79 Å². The zero-order valence-corrected chi connectivity index (χ0v) is 14.0. The number of hydrogen-bond donors (Lipinski definition) is 1. The molecule has 0 saturated heterocycles. The van der Waals surface area contributed by atoms with Crippen molar-refractivity contribution in [2.45, 2.75) is 19.6 Å². The molecule has 0 bridgehead atoms. The molecular weight excluding hydrogens is 313 g/mol. The van der Waals surface area contributed by atoms with Crippen LogP contribution < -0.4 is 9.61 Å². The van der Waals surface area contributed by atoms with E-state index in [1.807, 2.05) is 60.7 Å². The third-order valence-corrected chi connectivity index (χ3v) is 4.28. The minimum atomic E-state index is -1.42. The second kappa shape index (κ2) is 9.26. The SMILES string of the molecule is COP(NC(C)C(=O)OCc1ccccc1)Oc1ccccc1. The van der Waals surface area contributed by atoms with Crippen LogP contribution in [0.3, 0.4) is 0 Å². The van der Waals surface area contributed by atoms with Gasteiger partial charge in [0.2, 0.25) is 0 Å². The normalized spacial score (nSPS) is 13.1. The Bertz CT molecular complexity index is 594. The van der Waals surface area contributed by atoms with Crippen LogP contribution >= 0.6 is 8.53 Å². The number of rotatable bonds is 8. The first-order chi connectivity index (χ1) is 11.2. The number of ether oxygens (including phenoxy) is 1. The Kier molecular flexibility index (Phi) is 7.01. The summed E-state index contributed by atoms with van der Waals surface area (Å²) in [6.07, 6.45) is 0. The lowest BCUT2D eigenvalue weighted by Crippen LogP contribution is -2.33. The van der Waals surface area contributed by atoms with Crippen molar-refractivity contribution in [1.82, 2.24) is 5.09 Å². The number of hydrogen-bond acceptors (Lipinski definition) is 5. The fourth-order valence-corrected chi connectivity index (χ4v) is 2.73. The van der Waals surface area contributed by atoms with Gasteiger partial charge in [0.05, 0.1) is 0 Å². The number of esters is 1. The molecule has 2 unspecified atom stereocenters. The van der Waals surface area contributed by atoms with E-state index < -0.39 is 14.6 Å². The van der Waals surface area contributed by atoms with E-state index in [2.05, 4.69) is 5.09 Å². The summed E-state index contributed by atoms with van der Waals surface area (Å²) in [6, 6.07) is 18.3. The second-order valence-electron chi connectivity index (χ2n) is 4.79. The largest absolute Gasteiger partial charge is 0.460 e. The Morgan fingerprint density at radius 3 is 2.30 bits per heavy atom. The molecule has 0 aliphatic rings. The molecule has 0 heterocycles. The van der Waals surface area contributed by atoms with Crippen LogP contribution in [0.15, 0.2) is 60.7 Å². The second-order valence-corrected chi connectivity index (χ2v) is 6.11. The van der Waals surface area contributed by atoms with Crippen LogP contribution in [-0.4, -0.2) is 19.1 Å². The van der Waals surface area contributed by atoms with Crippen molar-refractivity contribution in [3.05, 3.63) is 66.2 Å². The van der Waals surface area contributed by atoms with E-state index in [0.29, 0.717) is 5.75 Å². The maximum Gasteiger partial charge on any atom is 0.323 e. The first kappa shape index (κ1) is 17.4. The van der Waals surface area contributed by atoms with Gasteiger partial charge in [0.25, 0.3) is 0 Å². The van der Waals surface area contributed by atoms with Crippen molar-refractivity contribution in [3.63, 3.8) is 0 Å². The van der Waals surface area contributed by atoms with Crippen LogP contribution in [0, 0.1) is 0 Å². The van der Waals surface area contributed by atoms with Gasteiger partial charge in [-0.15, -0.1) is 0 Å². The van der Waals surface area contributed by atoms with E-state index in [1.165, 1.54) is 7.11 Å². The summed E-state index contributed by atoms with van der Waals surface area (Å²) in [4.78, 5) is 12.0. The molecule has 6 heteroatoms. The van der Waals surface area contributed by atoms with E-state index in [1.54, 1.807) is 6.92 Å². The number of nitrogens with one attached hydrogen (secondary N) is 1. The average molecular weight is 333 g/mol. The highest BCUT2D eigenvalue weighted by atomic mass is 31.2. The molecule has 2 atom stereocenters. The molecule has 5 nitrogen and oxygen atoms in total. The number of para-hydroxylation sites is 1. The summed E-state index contributed by atoms with van der Waals surface area (Å²) >= 11 is 0. The highest BCUT2D eigenvalue weighted by Crippen LogP contribution is 2.34. The minimum Gasteiger partial charge on any atom is -0.460 e. The topological polar surface area (TPSA) is 56.8 Å². The lowest BCUT2D eigenvalue weighted by molar-refractivity contribution is -0.146. The van der Waals surface area contributed by atoms with Gasteiger partial charge in [0, 0.05) is 7.11 Å². The zero-order valence-electron chi connectivity index (χ0n) is 13.1. The molecule has 0 aliphatic carbocycles. The lowest BCUT2D eigenvalue weighted by atomic mass is 10.2. The Morgan fingerprint density at radius 1 is 1.09 bits per heavy atom.